The van der Waals surface area contributed by atoms with E-state index in [1.165, 1.54) is 6.92 Å². The molecule has 0 fully saturated rings. The van der Waals surface area contributed by atoms with E-state index in [0.29, 0.717) is 6.61 Å². The molecule has 0 amide bonds. The molecule has 1 unspecified atom stereocenters. The lowest BCUT2D eigenvalue weighted by molar-refractivity contribution is -0.140. The van der Waals surface area contributed by atoms with Crippen molar-refractivity contribution >= 4 is 38.2 Å². The smallest absolute Gasteiger partial charge is 0.302 e. The first-order valence-corrected chi connectivity index (χ1v) is 6.03. The maximum Gasteiger partial charge on any atom is 0.302 e. The Labute approximate surface area is 108 Å². The van der Waals surface area contributed by atoms with Crippen LogP contribution in [0.25, 0.3) is 0 Å². The molecule has 0 aromatic heterocycles. The van der Waals surface area contributed by atoms with Gasteiger partial charge in [0.1, 0.15) is 5.01 Å². The standard InChI is InChI=1S/C5H10Br2O2.C4H8O2/c1-5(2,3-8)4(6)9-7;1-3-6-4(2)5/h4,8H,3H2,1-2H3;3H2,1-2H3. The van der Waals surface area contributed by atoms with Crippen molar-refractivity contribution in [1.82, 2.24) is 0 Å². The molecule has 15 heavy (non-hydrogen) atoms. The quantitative estimate of drug-likeness (QED) is 0.626. The van der Waals surface area contributed by atoms with Crippen LogP contribution in [0.2, 0.25) is 0 Å². The molecule has 0 bridgehead atoms. The number of carbonyl (C=O) groups is 1. The number of aliphatic hydroxyl groups excluding tert-OH is 1. The topological polar surface area (TPSA) is 55.8 Å². The number of aliphatic hydroxyl groups is 1. The molecule has 0 radical (unpaired) electrons. The molecule has 0 heterocycles. The fourth-order valence-corrected chi connectivity index (χ4v) is 1.05. The van der Waals surface area contributed by atoms with Crippen molar-refractivity contribution in [2.45, 2.75) is 32.7 Å². The van der Waals surface area contributed by atoms with Crippen molar-refractivity contribution in [2.24, 2.45) is 5.41 Å². The zero-order valence-corrected chi connectivity index (χ0v) is 12.6. The van der Waals surface area contributed by atoms with Crippen molar-refractivity contribution in [3.05, 3.63) is 0 Å². The first kappa shape index (κ1) is 17.7. The van der Waals surface area contributed by atoms with E-state index in [9.17, 15) is 4.79 Å². The molecule has 0 saturated heterocycles. The third kappa shape index (κ3) is 10.6. The zero-order chi connectivity index (χ0) is 12.5. The van der Waals surface area contributed by atoms with Gasteiger partial charge in [0, 0.05) is 12.3 Å². The Morgan fingerprint density at radius 1 is 1.53 bits per heavy atom. The number of halogens is 2. The van der Waals surface area contributed by atoms with Gasteiger partial charge in [-0.1, -0.05) is 29.8 Å². The molecule has 4 nitrogen and oxygen atoms in total. The average Bonchev–Trinajstić information content (AvgIpc) is 2.17. The SMILES string of the molecule is CC(C)(CO)C(Br)OBr.CCOC(C)=O. The van der Waals surface area contributed by atoms with E-state index in [0.717, 1.165) is 0 Å². The third-order valence-corrected chi connectivity index (χ3v) is 3.75. The summed E-state index contributed by atoms with van der Waals surface area (Å²) in [6.45, 7) is 7.54. The fourth-order valence-electron chi connectivity index (χ4n) is 0.396. The number of hydrogen-bond acceptors (Lipinski definition) is 4. The van der Waals surface area contributed by atoms with E-state index in [1.807, 2.05) is 13.8 Å². The van der Waals surface area contributed by atoms with Gasteiger partial charge in [-0.05, 0) is 6.92 Å². The zero-order valence-electron chi connectivity index (χ0n) is 9.42. The summed E-state index contributed by atoms with van der Waals surface area (Å²) in [6, 6.07) is 0. The Morgan fingerprint density at radius 3 is 2.07 bits per heavy atom. The van der Waals surface area contributed by atoms with Gasteiger partial charge in [0.2, 0.25) is 0 Å². The summed E-state index contributed by atoms with van der Waals surface area (Å²) in [5, 5.41) is 8.61. The van der Waals surface area contributed by atoms with Crippen LogP contribution in [0, 0.1) is 5.41 Å². The molecule has 6 heteroatoms. The van der Waals surface area contributed by atoms with Crippen LogP contribution < -0.4 is 0 Å². The normalized spacial score (nSPS) is 12.5. The van der Waals surface area contributed by atoms with E-state index in [4.69, 9.17) is 8.93 Å². The van der Waals surface area contributed by atoms with E-state index in [1.54, 1.807) is 6.92 Å². The number of ether oxygens (including phenoxy) is 1. The summed E-state index contributed by atoms with van der Waals surface area (Å²) in [7, 11) is 0. The highest BCUT2D eigenvalue weighted by atomic mass is 79.9. The van der Waals surface area contributed by atoms with Crippen LogP contribution in [0.5, 0.6) is 0 Å². The van der Waals surface area contributed by atoms with Crippen molar-refractivity contribution in [3.8, 4) is 0 Å². The number of alkyl halides is 1. The Bertz CT molecular complexity index is 173. The molecule has 0 aromatic rings. The maximum absolute atomic E-state index is 9.82. The van der Waals surface area contributed by atoms with Crippen LogP contribution in [0.4, 0.5) is 0 Å². The van der Waals surface area contributed by atoms with E-state index >= 15 is 0 Å². The van der Waals surface area contributed by atoms with Crippen LogP contribution in [-0.2, 0) is 13.4 Å². The number of esters is 1. The van der Waals surface area contributed by atoms with Gasteiger partial charge in [-0.25, -0.2) is 0 Å². The third-order valence-electron chi connectivity index (χ3n) is 1.45. The number of rotatable bonds is 4. The second kappa shape index (κ2) is 9.57. The summed E-state index contributed by atoms with van der Waals surface area (Å²) >= 11 is 6.06. The second-order valence-corrected chi connectivity index (χ2v) is 4.68. The van der Waals surface area contributed by atoms with Gasteiger partial charge in [-0.3, -0.25) is 8.62 Å². The summed E-state index contributed by atoms with van der Waals surface area (Å²) < 4.78 is 9.18. The monoisotopic (exact) mass is 348 g/mol. The highest BCUT2D eigenvalue weighted by Crippen LogP contribution is 2.28. The van der Waals surface area contributed by atoms with Gasteiger partial charge in [-0.2, -0.15) is 0 Å². The molecule has 1 atom stereocenters. The molecule has 0 spiro atoms. The van der Waals surface area contributed by atoms with E-state index in [-0.39, 0.29) is 23.0 Å². The molecule has 0 aliphatic heterocycles. The minimum Gasteiger partial charge on any atom is -0.466 e. The number of hydrogen-bond donors (Lipinski definition) is 1. The largest absolute Gasteiger partial charge is 0.466 e. The first-order chi connectivity index (χ1) is 6.81. The molecular formula is C9H18Br2O4. The van der Waals surface area contributed by atoms with Crippen molar-refractivity contribution in [3.63, 3.8) is 0 Å². The van der Waals surface area contributed by atoms with Gasteiger partial charge in [-0.15, -0.1) is 0 Å². The Kier molecular flexibility index (Phi) is 11.3. The molecule has 92 valence electrons. The lowest BCUT2D eigenvalue weighted by atomic mass is 9.97. The average molecular weight is 350 g/mol. The first-order valence-electron chi connectivity index (χ1n) is 4.47. The Balaban J connectivity index is 0. The minimum absolute atomic E-state index is 0.0918. The molecule has 0 saturated carbocycles. The van der Waals surface area contributed by atoms with Gasteiger partial charge in [0.15, 0.2) is 0 Å². The predicted octanol–water partition coefficient (Wildman–Crippen LogP) is 2.62. The van der Waals surface area contributed by atoms with Gasteiger partial charge in [0.05, 0.1) is 29.5 Å². The lowest BCUT2D eigenvalue weighted by Crippen LogP contribution is -2.28. The van der Waals surface area contributed by atoms with Gasteiger partial charge >= 0.3 is 5.97 Å². The van der Waals surface area contributed by atoms with E-state index in [2.05, 4.69) is 36.9 Å². The van der Waals surface area contributed by atoms with Gasteiger partial charge in [0.25, 0.3) is 0 Å². The van der Waals surface area contributed by atoms with Crippen molar-refractivity contribution in [1.29, 1.82) is 0 Å². The fraction of sp³-hybridized carbons (Fsp3) is 0.889. The Morgan fingerprint density at radius 2 is 2.00 bits per heavy atom. The van der Waals surface area contributed by atoms with Crippen LogP contribution in [-0.4, -0.2) is 29.3 Å². The molecule has 0 aromatic carbocycles. The van der Waals surface area contributed by atoms with Crippen LogP contribution in [0.1, 0.15) is 27.7 Å². The van der Waals surface area contributed by atoms with Crippen LogP contribution >= 0.6 is 32.2 Å². The molecule has 0 rings (SSSR count). The molecule has 0 aliphatic carbocycles. The number of carbonyl (C=O) groups excluding carboxylic acids is 1. The predicted molar refractivity (Wildman–Crippen MR) is 65.9 cm³/mol. The summed E-state index contributed by atoms with van der Waals surface area (Å²) in [5.41, 5.74) is -0.247. The maximum atomic E-state index is 9.82. The van der Waals surface area contributed by atoms with Gasteiger partial charge < -0.3 is 9.84 Å². The highest BCUT2D eigenvalue weighted by Gasteiger charge is 2.26. The second-order valence-electron chi connectivity index (χ2n) is 3.48. The van der Waals surface area contributed by atoms with Crippen molar-refractivity contribution < 1.29 is 18.5 Å². The Hall–Kier alpha value is 0.350. The minimum atomic E-state index is -0.247. The summed E-state index contributed by atoms with van der Waals surface area (Å²) in [5.74, 6) is -0.211. The highest BCUT2D eigenvalue weighted by molar-refractivity contribution is 9.10. The molecular weight excluding hydrogens is 332 g/mol. The van der Waals surface area contributed by atoms with Crippen LogP contribution in [0.3, 0.4) is 0 Å². The van der Waals surface area contributed by atoms with Crippen LogP contribution in [0.15, 0.2) is 0 Å². The summed E-state index contributed by atoms with van der Waals surface area (Å²) in [4.78, 5) is 9.82. The lowest BCUT2D eigenvalue weighted by Gasteiger charge is -2.24. The van der Waals surface area contributed by atoms with E-state index < -0.39 is 0 Å². The van der Waals surface area contributed by atoms with Crippen molar-refractivity contribution in [2.75, 3.05) is 13.2 Å². The molecule has 0 aliphatic rings. The summed E-state index contributed by atoms with van der Waals surface area (Å²) in [6.07, 6.45) is 0. The molecule has 1 N–H and O–H groups in total.